The van der Waals surface area contributed by atoms with Gasteiger partial charge in [-0.1, -0.05) is 17.9 Å². The molecule has 5 heteroatoms. The zero-order valence-corrected chi connectivity index (χ0v) is 13.0. The Morgan fingerprint density at radius 3 is 2.22 bits per heavy atom. The standard InChI is InChI=1S/C18H11F2NOS/c1-2-9-22-15-7-5-13(6-8-15)3-4-14-10-16(19)18(21-12-23)17(20)11-14/h2,5-11H,1H3. The lowest BCUT2D eigenvalue weighted by Crippen LogP contribution is -1.86. The molecular formula is C18H11F2NOS. The molecule has 0 heterocycles. The van der Waals surface area contributed by atoms with Gasteiger partial charge in [0.2, 0.25) is 0 Å². The van der Waals surface area contributed by atoms with Crippen molar-refractivity contribution in [1.82, 2.24) is 0 Å². The van der Waals surface area contributed by atoms with Crippen LogP contribution in [0.4, 0.5) is 14.5 Å². The van der Waals surface area contributed by atoms with Gasteiger partial charge < -0.3 is 4.74 Å². The van der Waals surface area contributed by atoms with E-state index < -0.39 is 17.3 Å². The van der Waals surface area contributed by atoms with Crippen LogP contribution >= 0.6 is 12.2 Å². The van der Waals surface area contributed by atoms with Crippen LogP contribution in [0.5, 0.6) is 5.75 Å². The summed E-state index contributed by atoms with van der Waals surface area (Å²) in [4.78, 5) is 3.35. The van der Waals surface area contributed by atoms with Gasteiger partial charge in [-0.2, -0.15) is 4.99 Å². The number of ether oxygens (including phenoxy) is 1. The highest BCUT2D eigenvalue weighted by Gasteiger charge is 2.09. The summed E-state index contributed by atoms with van der Waals surface area (Å²) in [6.07, 6.45) is 3.34. The smallest absolute Gasteiger partial charge is 0.153 e. The van der Waals surface area contributed by atoms with Crippen molar-refractivity contribution >= 4 is 23.1 Å². The predicted molar refractivity (Wildman–Crippen MR) is 88.9 cm³/mol. The summed E-state index contributed by atoms with van der Waals surface area (Å²) in [6.45, 7) is 1.85. The number of halogens is 2. The fourth-order valence-electron chi connectivity index (χ4n) is 1.70. The summed E-state index contributed by atoms with van der Waals surface area (Å²) in [5.41, 5.74) is 0.438. The lowest BCUT2D eigenvalue weighted by Gasteiger charge is -1.99. The van der Waals surface area contributed by atoms with E-state index in [0.29, 0.717) is 11.3 Å². The van der Waals surface area contributed by atoms with Gasteiger partial charge >= 0.3 is 0 Å². The Balaban J connectivity index is 2.23. The highest BCUT2D eigenvalue weighted by Crippen LogP contribution is 2.23. The summed E-state index contributed by atoms with van der Waals surface area (Å²) in [5, 5.41) is 1.94. The summed E-state index contributed by atoms with van der Waals surface area (Å²) < 4.78 is 32.7. The molecule has 0 aliphatic heterocycles. The molecule has 0 aliphatic carbocycles. The van der Waals surface area contributed by atoms with Gasteiger partial charge in [-0.05, 0) is 55.5 Å². The van der Waals surface area contributed by atoms with E-state index in [1.165, 1.54) is 0 Å². The molecule has 0 radical (unpaired) electrons. The van der Waals surface area contributed by atoms with Crippen LogP contribution in [0.1, 0.15) is 18.1 Å². The van der Waals surface area contributed by atoms with Gasteiger partial charge in [-0.3, -0.25) is 0 Å². The van der Waals surface area contributed by atoms with E-state index in [9.17, 15) is 8.78 Å². The van der Waals surface area contributed by atoms with Crippen molar-refractivity contribution in [2.45, 2.75) is 6.92 Å². The quantitative estimate of drug-likeness (QED) is 0.342. The molecule has 0 spiro atoms. The summed E-state index contributed by atoms with van der Waals surface area (Å²) in [6, 6.07) is 9.22. The van der Waals surface area contributed by atoms with Crippen LogP contribution in [0.3, 0.4) is 0 Å². The summed E-state index contributed by atoms with van der Waals surface area (Å²) in [5.74, 6) is 4.54. The van der Waals surface area contributed by atoms with Crippen molar-refractivity contribution in [2.24, 2.45) is 4.99 Å². The van der Waals surface area contributed by atoms with Crippen molar-refractivity contribution in [3.8, 4) is 17.6 Å². The third kappa shape index (κ3) is 4.58. The molecule has 114 valence electrons. The average molecular weight is 327 g/mol. The Hall–Kier alpha value is -2.80. The second-order valence-corrected chi connectivity index (χ2v) is 4.54. The van der Waals surface area contributed by atoms with Crippen LogP contribution < -0.4 is 4.74 Å². The molecule has 2 nitrogen and oxygen atoms in total. The van der Waals surface area contributed by atoms with Crippen molar-refractivity contribution in [1.29, 1.82) is 0 Å². The van der Waals surface area contributed by atoms with Crippen LogP contribution in [0.2, 0.25) is 0 Å². The van der Waals surface area contributed by atoms with E-state index in [-0.39, 0.29) is 5.56 Å². The molecule has 0 amide bonds. The Labute approximate surface area is 138 Å². The van der Waals surface area contributed by atoms with Crippen molar-refractivity contribution < 1.29 is 13.5 Å². The topological polar surface area (TPSA) is 21.6 Å². The normalized spacial score (nSPS) is 9.87. The predicted octanol–water partition coefficient (Wildman–Crippen LogP) is 5.01. The minimum absolute atomic E-state index is 0.206. The monoisotopic (exact) mass is 327 g/mol. The number of nitrogens with zero attached hydrogens (tertiary/aromatic N) is 1. The Kier molecular flexibility index (Phi) is 5.76. The molecule has 0 unspecified atom stereocenters. The number of rotatable bonds is 3. The second kappa shape index (κ2) is 8.00. The fourth-order valence-corrected chi connectivity index (χ4v) is 1.79. The maximum absolute atomic E-state index is 13.7. The van der Waals surface area contributed by atoms with Crippen LogP contribution in [-0.4, -0.2) is 5.16 Å². The molecule has 0 atom stereocenters. The molecular weight excluding hydrogens is 316 g/mol. The molecule has 0 fully saturated rings. The van der Waals surface area contributed by atoms with E-state index in [1.807, 2.05) is 12.1 Å². The largest absolute Gasteiger partial charge is 0.465 e. The average Bonchev–Trinajstić information content (AvgIpc) is 2.55. The minimum Gasteiger partial charge on any atom is -0.465 e. The Morgan fingerprint density at radius 2 is 1.65 bits per heavy atom. The van der Waals surface area contributed by atoms with Crippen LogP contribution in [-0.2, 0) is 0 Å². The Bertz CT molecular complexity index is 819. The van der Waals surface area contributed by atoms with Crippen molar-refractivity contribution in [2.75, 3.05) is 0 Å². The Morgan fingerprint density at radius 1 is 1.04 bits per heavy atom. The van der Waals surface area contributed by atoms with Crippen LogP contribution in [0.25, 0.3) is 0 Å². The van der Waals surface area contributed by atoms with Gasteiger partial charge in [-0.25, -0.2) is 8.78 Å². The number of isothiocyanates is 1. The molecule has 0 saturated carbocycles. The molecule has 0 N–H and O–H groups in total. The molecule has 2 rings (SSSR count). The number of hydrogen-bond acceptors (Lipinski definition) is 3. The number of thiocarbonyl (C=S) groups is 1. The maximum atomic E-state index is 13.7. The van der Waals surface area contributed by atoms with Gasteiger partial charge in [0.15, 0.2) is 11.6 Å². The maximum Gasteiger partial charge on any atom is 0.153 e. The van der Waals surface area contributed by atoms with E-state index in [0.717, 1.165) is 12.1 Å². The first-order chi connectivity index (χ1) is 11.1. The summed E-state index contributed by atoms with van der Waals surface area (Å²) in [7, 11) is 0. The second-order valence-electron chi connectivity index (χ2n) is 4.35. The first kappa shape index (κ1) is 16.6. The SMILES string of the molecule is CC=COc1ccc(C#Cc2cc(F)c(N=C=S)c(F)c2)cc1. The molecule has 23 heavy (non-hydrogen) atoms. The number of aliphatic imine (C=N–C) groups is 1. The highest BCUT2D eigenvalue weighted by atomic mass is 32.1. The molecule has 2 aromatic rings. The van der Waals surface area contributed by atoms with E-state index in [2.05, 4.69) is 29.1 Å². The summed E-state index contributed by atoms with van der Waals surface area (Å²) >= 11 is 4.35. The van der Waals surface area contributed by atoms with E-state index in [1.54, 1.807) is 36.6 Å². The molecule has 0 aromatic heterocycles. The van der Waals surface area contributed by atoms with Gasteiger partial charge in [0, 0.05) is 11.1 Å². The number of hydrogen-bond donors (Lipinski definition) is 0. The zero-order valence-electron chi connectivity index (χ0n) is 12.1. The minimum atomic E-state index is -0.832. The van der Waals surface area contributed by atoms with Gasteiger partial charge in [0.25, 0.3) is 0 Å². The fraction of sp³-hybridized carbons (Fsp3) is 0.0556. The molecule has 0 bridgehead atoms. The third-order valence-corrected chi connectivity index (χ3v) is 2.81. The first-order valence-electron chi connectivity index (χ1n) is 6.61. The zero-order chi connectivity index (χ0) is 16.7. The first-order valence-corrected chi connectivity index (χ1v) is 7.01. The number of allylic oxidation sites excluding steroid dienone is 1. The van der Waals surface area contributed by atoms with Gasteiger partial charge in [-0.15, -0.1) is 0 Å². The van der Waals surface area contributed by atoms with Crippen molar-refractivity contribution in [3.63, 3.8) is 0 Å². The highest BCUT2D eigenvalue weighted by molar-refractivity contribution is 7.78. The number of benzene rings is 2. The molecule has 2 aromatic carbocycles. The molecule has 0 aliphatic rings. The van der Waals surface area contributed by atoms with Crippen LogP contribution in [0.15, 0.2) is 53.7 Å². The lowest BCUT2D eigenvalue weighted by molar-refractivity contribution is 0.480. The molecule has 0 saturated heterocycles. The van der Waals surface area contributed by atoms with Gasteiger partial charge in [0.05, 0.1) is 11.4 Å². The lowest BCUT2D eigenvalue weighted by atomic mass is 10.1. The third-order valence-electron chi connectivity index (χ3n) is 2.72. The van der Waals surface area contributed by atoms with E-state index >= 15 is 0 Å². The van der Waals surface area contributed by atoms with E-state index in [4.69, 9.17) is 4.74 Å². The van der Waals surface area contributed by atoms with Crippen LogP contribution in [0, 0.1) is 23.5 Å². The van der Waals surface area contributed by atoms with Crippen molar-refractivity contribution in [3.05, 3.63) is 71.5 Å². The van der Waals surface area contributed by atoms with Gasteiger partial charge in [0.1, 0.15) is 11.4 Å².